The van der Waals surface area contributed by atoms with Gasteiger partial charge in [-0.1, -0.05) is 0 Å². The number of hydrogen-bond acceptors (Lipinski definition) is 5. The molecule has 23 heavy (non-hydrogen) atoms. The Balaban J connectivity index is 1.50. The number of nitrogens with zero attached hydrogens (tertiary/aromatic N) is 1. The molecule has 1 amide bonds. The zero-order chi connectivity index (χ0) is 15.6. The van der Waals surface area contributed by atoms with Crippen molar-refractivity contribution in [3.05, 3.63) is 42.2 Å². The lowest BCUT2D eigenvalue weighted by Crippen LogP contribution is -2.26. The predicted molar refractivity (Wildman–Crippen MR) is 85.4 cm³/mol. The number of benzene rings is 1. The zero-order valence-corrected chi connectivity index (χ0v) is 12.5. The minimum absolute atomic E-state index is 0.127. The van der Waals surface area contributed by atoms with Crippen molar-refractivity contribution in [3.63, 3.8) is 0 Å². The highest BCUT2D eigenvalue weighted by Gasteiger charge is 2.24. The first kappa shape index (κ1) is 13.9. The number of ether oxygens (including phenoxy) is 2. The maximum atomic E-state index is 12.1. The Hall–Kier alpha value is -2.76. The van der Waals surface area contributed by atoms with Crippen LogP contribution in [0.2, 0.25) is 0 Å². The normalized spacial score (nSPS) is 15.8. The molecule has 2 N–H and O–H groups in total. The van der Waals surface area contributed by atoms with E-state index in [1.165, 1.54) is 0 Å². The van der Waals surface area contributed by atoms with E-state index in [1.807, 2.05) is 24.3 Å². The fraction of sp³-hybridized carbons (Fsp3) is 0.294. The van der Waals surface area contributed by atoms with Crippen LogP contribution in [0.1, 0.15) is 23.3 Å². The van der Waals surface area contributed by atoms with Crippen LogP contribution in [0.4, 0.5) is 11.4 Å². The molecule has 0 atom stereocenters. The predicted octanol–water partition coefficient (Wildman–Crippen LogP) is 2.49. The van der Waals surface area contributed by atoms with E-state index >= 15 is 0 Å². The Morgan fingerprint density at radius 2 is 1.83 bits per heavy atom. The molecule has 0 bridgehead atoms. The van der Waals surface area contributed by atoms with Crippen LogP contribution in [-0.4, -0.2) is 30.1 Å². The van der Waals surface area contributed by atoms with Crippen molar-refractivity contribution in [2.75, 3.05) is 18.5 Å². The van der Waals surface area contributed by atoms with Crippen LogP contribution in [0.5, 0.6) is 11.5 Å². The van der Waals surface area contributed by atoms with E-state index in [9.17, 15) is 4.79 Å². The van der Waals surface area contributed by atoms with Crippen LogP contribution in [0.25, 0.3) is 0 Å². The summed E-state index contributed by atoms with van der Waals surface area (Å²) in [4.78, 5) is 16.2. The average Bonchev–Trinajstić information content (AvgIpc) is 3.39. The van der Waals surface area contributed by atoms with Crippen LogP contribution in [0.3, 0.4) is 0 Å². The summed E-state index contributed by atoms with van der Waals surface area (Å²) in [6, 6.07) is 9.56. The largest absolute Gasteiger partial charge is 0.486 e. The van der Waals surface area contributed by atoms with Crippen LogP contribution in [0.15, 0.2) is 36.5 Å². The van der Waals surface area contributed by atoms with Crippen molar-refractivity contribution in [3.8, 4) is 11.5 Å². The Morgan fingerprint density at radius 1 is 1.04 bits per heavy atom. The molecule has 4 rings (SSSR count). The van der Waals surface area contributed by atoms with E-state index < -0.39 is 0 Å². The van der Waals surface area contributed by atoms with E-state index in [4.69, 9.17) is 9.47 Å². The number of hydrogen-bond donors (Lipinski definition) is 2. The molecule has 6 heteroatoms. The summed E-state index contributed by atoms with van der Waals surface area (Å²) in [5.74, 6) is 1.35. The molecule has 2 heterocycles. The minimum Gasteiger partial charge on any atom is -0.486 e. The van der Waals surface area contributed by atoms with Gasteiger partial charge in [-0.05, 0) is 37.1 Å². The van der Waals surface area contributed by atoms with Gasteiger partial charge in [-0.15, -0.1) is 0 Å². The molecule has 0 radical (unpaired) electrons. The van der Waals surface area contributed by atoms with E-state index in [1.54, 1.807) is 12.3 Å². The second kappa shape index (κ2) is 5.79. The Bertz CT molecular complexity index is 744. The smallest absolute Gasteiger partial charge is 0.270 e. The lowest BCUT2D eigenvalue weighted by molar-refractivity contribution is 0.0946. The number of nitrogens with one attached hydrogen (secondary N) is 2. The average molecular weight is 311 g/mol. The minimum atomic E-state index is -0.127. The third-order valence-electron chi connectivity index (χ3n) is 3.74. The van der Waals surface area contributed by atoms with Crippen LogP contribution < -0.4 is 20.1 Å². The van der Waals surface area contributed by atoms with Gasteiger partial charge in [-0.25, -0.2) is 0 Å². The highest BCUT2D eigenvalue weighted by atomic mass is 16.6. The summed E-state index contributed by atoms with van der Waals surface area (Å²) < 4.78 is 11.1. The first-order valence-electron chi connectivity index (χ1n) is 7.71. The molecule has 1 fully saturated rings. The number of aromatic nitrogens is 1. The van der Waals surface area contributed by atoms with Crippen molar-refractivity contribution in [1.29, 1.82) is 0 Å². The fourth-order valence-electron chi connectivity index (χ4n) is 2.41. The van der Waals surface area contributed by atoms with E-state index in [-0.39, 0.29) is 5.91 Å². The van der Waals surface area contributed by atoms with Crippen molar-refractivity contribution < 1.29 is 14.3 Å². The van der Waals surface area contributed by atoms with E-state index in [2.05, 4.69) is 15.6 Å². The topological polar surface area (TPSA) is 72.5 Å². The molecule has 0 spiro atoms. The number of carbonyl (C=O) groups is 1. The summed E-state index contributed by atoms with van der Waals surface area (Å²) >= 11 is 0. The molecule has 0 unspecified atom stereocenters. The van der Waals surface area contributed by atoms with E-state index in [0.29, 0.717) is 24.9 Å². The lowest BCUT2D eigenvalue weighted by Gasteiger charge is -2.19. The van der Waals surface area contributed by atoms with Gasteiger partial charge in [-0.3, -0.25) is 9.78 Å². The summed E-state index contributed by atoms with van der Waals surface area (Å²) in [7, 11) is 0. The standard InChI is InChI=1S/C17H17N3O3/c21-17(20-11-1-2-11)14-9-13(5-6-18-14)19-12-3-4-15-16(10-12)23-8-7-22-15/h3-6,9-11H,1-2,7-8H2,(H,18,19)(H,20,21). The van der Waals surface area contributed by atoms with Gasteiger partial charge >= 0.3 is 0 Å². The molecule has 2 aliphatic rings. The lowest BCUT2D eigenvalue weighted by atomic mass is 10.2. The second-order valence-corrected chi connectivity index (χ2v) is 5.66. The maximum Gasteiger partial charge on any atom is 0.270 e. The number of anilines is 2. The van der Waals surface area contributed by atoms with Gasteiger partial charge in [-0.2, -0.15) is 0 Å². The number of carbonyl (C=O) groups excluding carboxylic acids is 1. The Labute approximate surface area is 133 Å². The molecule has 118 valence electrons. The van der Waals surface area contributed by atoms with Gasteiger partial charge in [0.15, 0.2) is 11.5 Å². The molecule has 1 aliphatic heterocycles. The van der Waals surface area contributed by atoms with Gasteiger partial charge in [0.25, 0.3) is 5.91 Å². The highest BCUT2D eigenvalue weighted by molar-refractivity contribution is 5.93. The van der Waals surface area contributed by atoms with Gasteiger partial charge in [0, 0.05) is 29.7 Å². The molecule has 6 nitrogen and oxygen atoms in total. The molecule has 2 aromatic rings. The summed E-state index contributed by atoms with van der Waals surface area (Å²) in [5.41, 5.74) is 2.09. The number of rotatable bonds is 4. The Morgan fingerprint density at radius 3 is 2.65 bits per heavy atom. The molecular weight excluding hydrogens is 294 g/mol. The first-order valence-corrected chi connectivity index (χ1v) is 7.71. The van der Waals surface area contributed by atoms with Gasteiger partial charge in [0.1, 0.15) is 18.9 Å². The molecule has 1 saturated carbocycles. The number of pyridine rings is 1. The molecule has 1 aliphatic carbocycles. The maximum absolute atomic E-state index is 12.1. The van der Waals surface area contributed by atoms with Gasteiger partial charge < -0.3 is 20.1 Å². The SMILES string of the molecule is O=C(NC1CC1)c1cc(Nc2ccc3c(c2)OCCO3)ccn1. The van der Waals surface area contributed by atoms with Crippen LogP contribution in [-0.2, 0) is 0 Å². The van der Waals surface area contributed by atoms with Crippen molar-refractivity contribution in [2.45, 2.75) is 18.9 Å². The first-order chi connectivity index (χ1) is 11.3. The van der Waals surface area contributed by atoms with Crippen molar-refractivity contribution >= 4 is 17.3 Å². The monoisotopic (exact) mass is 311 g/mol. The summed E-state index contributed by atoms with van der Waals surface area (Å²) in [6.07, 6.45) is 3.74. The van der Waals surface area contributed by atoms with Crippen LogP contribution in [0, 0.1) is 0 Å². The third-order valence-corrected chi connectivity index (χ3v) is 3.74. The quantitative estimate of drug-likeness (QED) is 0.907. The van der Waals surface area contributed by atoms with Crippen molar-refractivity contribution in [2.24, 2.45) is 0 Å². The third kappa shape index (κ3) is 3.21. The summed E-state index contributed by atoms with van der Waals surface area (Å²) in [5, 5.41) is 6.20. The Kier molecular flexibility index (Phi) is 3.49. The van der Waals surface area contributed by atoms with Gasteiger partial charge in [0.05, 0.1) is 0 Å². The van der Waals surface area contributed by atoms with Crippen molar-refractivity contribution in [1.82, 2.24) is 10.3 Å². The van der Waals surface area contributed by atoms with E-state index in [0.717, 1.165) is 35.7 Å². The van der Waals surface area contributed by atoms with Crippen LogP contribution >= 0.6 is 0 Å². The molecular formula is C17H17N3O3. The zero-order valence-electron chi connectivity index (χ0n) is 12.5. The molecule has 0 saturated heterocycles. The second-order valence-electron chi connectivity index (χ2n) is 5.66. The van der Waals surface area contributed by atoms with Gasteiger partial charge in [0.2, 0.25) is 0 Å². The number of amides is 1. The molecule has 1 aromatic heterocycles. The number of fused-ring (bicyclic) bond motifs is 1. The highest BCUT2D eigenvalue weighted by Crippen LogP contribution is 2.33. The molecule has 1 aromatic carbocycles. The fourth-order valence-corrected chi connectivity index (χ4v) is 2.41. The summed E-state index contributed by atoms with van der Waals surface area (Å²) in [6.45, 7) is 1.13.